The van der Waals surface area contributed by atoms with Gasteiger partial charge in [0.25, 0.3) is 0 Å². The summed E-state index contributed by atoms with van der Waals surface area (Å²) in [6.45, 7) is 0. The smallest absolute Gasteiger partial charge is 0.254 e. The van der Waals surface area contributed by atoms with Gasteiger partial charge in [0.05, 0.1) is 0 Å². The Morgan fingerprint density at radius 3 is 1.00 bits per heavy atom. The molecule has 0 bridgehead atoms. The predicted molar refractivity (Wildman–Crippen MR) is 9.08 cm³/mol. The third kappa shape index (κ3) is 36.8. The summed E-state index contributed by atoms with van der Waals surface area (Å²) in [5.41, 5.74) is 0. The number of rotatable bonds is 0. The fraction of sp³-hybridized carbons (Fsp3) is 0. The SMILES string of the molecule is FB(F)F.[Nd]. The number of hydrogen-bond donors (Lipinski definition) is 0. The number of hydrogen-bond acceptors (Lipinski definition) is 0. The van der Waals surface area contributed by atoms with Crippen molar-refractivity contribution in [3.63, 3.8) is 0 Å². The summed E-state index contributed by atoms with van der Waals surface area (Å²) in [7, 11) is -3.67. The summed E-state index contributed by atoms with van der Waals surface area (Å²) in [5, 5.41) is 0. The molecule has 0 spiro atoms. The van der Waals surface area contributed by atoms with Gasteiger partial charge in [-0.2, -0.15) is 0 Å². The first-order valence-corrected chi connectivity index (χ1v) is 0.655. The molecule has 0 aromatic heterocycles. The Morgan fingerprint density at radius 2 is 1.00 bits per heavy atom. The Morgan fingerprint density at radius 1 is 1.00 bits per heavy atom. The van der Waals surface area contributed by atoms with Gasteiger partial charge < -0.3 is 0 Å². The maximum absolute atomic E-state index is 9.67. The molecule has 0 saturated heterocycles. The van der Waals surface area contributed by atoms with E-state index in [0.717, 1.165) is 0 Å². The van der Waals surface area contributed by atoms with E-state index >= 15 is 0 Å². The van der Waals surface area contributed by atoms with E-state index in [1.165, 1.54) is 0 Å². The van der Waals surface area contributed by atoms with Crippen molar-refractivity contribution >= 4 is 7.54 Å². The minimum atomic E-state index is -3.67. The monoisotopic (exact) mass is 210 g/mol. The van der Waals surface area contributed by atoms with Crippen molar-refractivity contribution in [2.75, 3.05) is 0 Å². The summed E-state index contributed by atoms with van der Waals surface area (Å²) in [5.74, 6) is 0. The van der Waals surface area contributed by atoms with E-state index in [9.17, 15) is 12.9 Å². The van der Waals surface area contributed by atoms with Gasteiger partial charge in [-0.05, 0) is 0 Å². The zero-order valence-electron chi connectivity index (χ0n) is 2.21. The Balaban J connectivity index is 0. The molecule has 0 aliphatic heterocycles. The zero-order chi connectivity index (χ0) is 3.58. The molecule has 0 atom stereocenters. The molecular weight excluding hydrogens is 212 g/mol. The maximum atomic E-state index is 9.67. The Hall–Kier alpha value is 1.21. The number of halogens is 3. The Kier molecular flexibility index (Phi) is 9.90. The van der Waals surface area contributed by atoms with Crippen molar-refractivity contribution in [1.29, 1.82) is 0 Å². The van der Waals surface area contributed by atoms with Crippen molar-refractivity contribution in [2.45, 2.75) is 0 Å². The maximum Gasteiger partial charge on any atom is 0.762 e. The van der Waals surface area contributed by atoms with Crippen molar-refractivity contribution < 1.29 is 53.8 Å². The van der Waals surface area contributed by atoms with Gasteiger partial charge in [-0.25, -0.2) is 0 Å². The summed E-state index contributed by atoms with van der Waals surface area (Å²) in [6.07, 6.45) is 0. The van der Waals surface area contributed by atoms with Gasteiger partial charge in [0, 0.05) is 40.8 Å². The standard InChI is InChI=1S/BF3.Nd/c2-1(3)4;. The molecule has 0 aliphatic carbocycles. The van der Waals surface area contributed by atoms with E-state index < -0.39 is 7.54 Å². The molecule has 0 rings (SSSR count). The van der Waals surface area contributed by atoms with Gasteiger partial charge in [0.15, 0.2) is 0 Å². The zero-order valence-corrected chi connectivity index (χ0v) is 5.42. The molecule has 5 heteroatoms. The largest absolute Gasteiger partial charge is 0.762 e. The van der Waals surface area contributed by atoms with E-state index in [0.29, 0.717) is 0 Å². The van der Waals surface area contributed by atoms with Crippen molar-refractivity contribution in [3.8, 4) is 0 Å². The molecule has 0 saturated carbocycles. The second-order valence-corrected chi connectivity index (χ2v) is 0.247. The van der Waals surface area contributed by atoms with Crippen LogP contribution in [0.4, 0.5) is 12.9 Å². The molecule has 0 aromatic rings. The summed E-state index contributed by atoms with van der Waals surface area (Å²) >= 11 is 0. The normalized spacial score (nSPS) is 5.40. The third-order valence-electron chi connectivity index (χ3n) is 0. The van der Waals surface area contributed by atoms with E-state index in [2.05, 4.69) is 0 Å². The molecule has 0 aliphatic rings. The minimum Gasteiger partial charge on any atom is -0.254 e. The van der Waals surface area contributed by atoms with Crippen LogP contribution in [0.2, 0.25) is 0 Å². The summed E-state index contributed by atoms with van der Waals surface area (Å²) in [6, 6.07) is 0. The average molecular weight is 212 g/mol. The Bertz CT molecular complexity index is 11.6. The molecule has 0 nitrogen and oxygen atoms in total. The van der Waals surface area contributed by atoms with Crippen LogP contribution in [-0.4, -0.2) is 7.54 Å². The molecule has 0 aromatic carbocycles. The van der Waals surface area contributed by atoms with Crippen molar-refractivity contribution in [1.82, 2.24) is 0 Å². The van der Waals surface area contributed by atoms with Gasteiger partial charge in [0.2, 0.25) is 0 Å². The van der Waals surface area contributed by atoms with E-state index in [4.69, 9.17) is 0 Å². The van der Waals surface area contributed by atoms with Crippen LogP contribution in [0.15, 0.2) is 0 Å². The van der Waals surface area contributed by atoms with Crippen LogP contribution in [0.5, 0.6) is 0 Å². The molecule has 0 fully saturated rings. The van der Waals surface area contributed by atoms with E-state index in [1.807, 2.05) is 0 Å². The first-order chi connectivity index (χ1) is 1.73. The molecule has 0 unspecified atom stereocenters. The minimum absolute atomic E-state index is 0. The molecule has 5 heavy (non-hydrogen) atoms. The van der Waals surface area contributed by atoms with Crippen molar-refractivity contribution in [2.24, 2.45) is 0 Å². The van der Waals surface area contributed by atoms with E-state index in [-0.39, 0.29) is 40.8 Å². The Labute approximate surface area is 60.9 Å². The van der Waals surface area contributed by atoms with Gasteiger partial charge in [-0.1, -0.05) is 0 Å². The van der Waals surface area contributed by atoms with Gasteiger partial charge in [0.1, 0.15) is 0 Å². The first kappa shape index (κ1) is 9.51. The fourth-order valence-electron chi connectivity index (χ4n) is 0. The average Bonchev–Trinajstić information content (AvgIpc) is 0.811. The molecule has 0 amide bonds. The quantitative estimate of drug-likeness (QED) is 0.523. The topological polar surface area (TPSA) is 0 Å². The summed E-state index contributed by atoms with van der Waals surface area (Å²) < 4.78 is 29.0. The molecule has 0 N–H and O–H groups in total. The summed E-state index contributed by atoms with van der Waals surface area (Å²) in [4.78, 5) is 0. The third-order valence-corrected chi connectivity index (χ3v) is 0. The fourth-order valence-corrected chi connectivity index (χ4v) is 0. The molecule has 0 radical (unpaired) electrons. The predicted octanol–water partition coefficient (Wildman–Crippen LogP) is 0.880. The van der Waals surface area contributed by atoms with E-state index in [1.54, 1.807) is 0 Å². The second kappa shape index (κ2) is 5.21. The molecule has 28 valence electrons. The van der Waals surface area contributed by atoms with Gasteiger partial charge in [-0.3, -0.25) is 12.9 Å². The van der Waals surface area contributed by atoms with Crippen LogP contribution >= 0.6 is 0 Å². The van der Waals surface area contributed by atoms with Crippen LogP contribution in [0.25, 0.3) is 0 Å². The van der Waals surface area contributed by atoms with Gasteiger partial charge in [-0.15, -0.1) is 0 Å². The van der Waals surface area contributed by atoms with Crippen LogP contribution < -0.4 is 0 Å². The molecular formula is BF3Nd. The van der Waals surface area contributed by atoms with Crippen LogP contribution in [-0.2, 0) is 0 Å². The first-order valence-electron chi connectivity index (χ1n) is 0.655. The second-order valence-electron chi connectivity index (χ2n) is 0.247. The van der Waals surface area contributed by atoms with Crippen LogP contribution in [0.1, 0.15) is 0 Å². The van der Waals surface area contributed by atoms with Crippen LogP contribution in [0.3, 0.4) is 0 Å². The van der Waals surface area contributed by atoms with Crippen molar-refractivity contribution in [3.05, 3.63) is 0 Å². The van der Waals surface area contributed by atoms with Crippen LogP contribution in [0, 0.1) is 40.8 Å². The van der Waals surface area contributed by atoms with Gasteiger partial charge >= 0.3 is 7.54 Å². The molecule has 0 heterocycles.